The van der Waals surface area contributed by atoms with E-state index in [2.05, 4.69) is 30.7 Å². The molecule has 0 aliphatic rings. The van der Waals surface area contributed by atoms with Crippen molar-refractivity contribution in [3.63, 3.8) is 0 Å². The zero-order valence-electron chi connectivity index (χ0n) is 9.75. The van der Waals surface area contributed by atoms with Crippen LogP contribution in [0.1, 0.15) is 12.6 Å². The normalized spacial score (nSPS) is 10.1. The lowest BCUT2D eigenvalue weighted by molar-refractivity contribution is 0.312. The summed E-state index contributed by atoms with van der Waals surface area (Å²) < 4.78 is 5.21. The van der Waals surface area contributed by atoms with Gasteiger partial charge in [0.2, 0.25) is 11.9 Å². The Hall–Kier alpha value is -2.00. The molecule has 2 heterocycles. The smallest absolute Gasteiger partial charge is 0.323 e. The molecule has 18 heavy (non-hydrogen) atoms. The average Bonchev–Trinajstić information content (AvgIpc) is 2.89. The molecule has 0 radical (unpaired) electrons. The highest BCUT2D eigenvalue weighted by Gasteiger charge is 2.06. The summed E-state index contributed by atoms with van der Waals surface area (Å²) in [5.74, 6) is 5.91. The van der Waals surface area contributed by atoms with Gasteiger partial charge in [0.1, 0.15) is 0 Å². The average molecular weight is 267 g/mol. The Morgan fingerprint density at radius 1 is 1.33 bits per heavy atom. The number of anilines is 2. The predicted molar refractivity (Wildman–Crippen MR) is 68.2 cm³/mol. The van der Waals surface area contributed by atoms with Crippen molar-refractivity contribution in [1.82, 2.24) is 19.9 Å². The fourth-order valence-corrected chi connectivity index (χ4v) is 1.75. The lowest BCUT2D eigenvalue weighted by Crippen LogP contribution is -2.14. The van der Waals surface area contributed by atoms with Gasteiger partial charge in [-0.05, 0) is 6.92 Å². The van der Waals surface area contributed by atoms with E-state index >= 15 is 0 Å². The second-order valence-corrected chi connectivity index (χ2v) is 3.89. The quantitative estimate of drug-likeness (QED) is 0.516. The van der Waals surface area contributed by atoms with Gasteiger partial charge < -0.3 is 10.1 Å². The number of thiazole rings is 1. The van der Waals surface area contributed by atoms with Crippen molar-refractivity contribution in [3.8, 4) is 6.01 Å². The number of hydrogen-bond acceptors (Lipinski definition) is 9. The second-order valence-electron chi connectivity index (χ2n) is 3.18. The van der Waals surface area contributed by atoms with E-state index in [1.165, 1.54) is 11.3 Å². The van der Waals surface area contributed by atoms with Crippen LogP contribution in [0, 0.1) is 0 Å². The Morgan fingerprint density at radius 3 is 2.83 bits per heavy atom. The SMILES string of the molecule is CCOc1nc(NN)nc(NCc2cscn2)n1. The number of ether oxygens (including phenoxy) is 1. The van der Waals surface area contributed by atoms with Gasteiger partial charge in [0.05, 0.1) is 24.4 Å². The molecule has 0 bridgehead atoms. The van der Waals surface area contributed by atoms with Gasteiger partial charge in [-0.2, -0.15) is 15.0 Å². The van der Waals surface area contributed by atoms with Crippen LogP contribution >= 0.6 is 11.3 Å². The molecule has 0 saturated carbocycles. The highest BCUT2D eigenvalue weighted by Crippen LogP contribution is 2.11. The van der Waals surface area contributed by atoms with Crippen LogP contribution in [0.4, 0.5) is 11.9 Å². The van der Waals surface area contributed by atoms with Crippen LogP contribution in [0.3, 0.4) is 0 Å². The van der Waals surface area contributed by atoms with Gasteiger partial charge in [0.15, 0.2) is 0 Å². The number of nitrogens with one attached hydrogen (secondary N) is 2. The van der Waals surface area contributed by atoms with Crippen LogP contribution in [-0.4, -0.2) is 26.5 Å². The van der Waals surface area contributed by atoms with Crippen molar-refractivity contribution >= 4 is 23.2 Å². The molecule has 0 amide bonds. The van der Waals surface area contributed by atoms with Gasteiger partial charge in [-0.25, -0.2) is 10.8 Å². The molecular formula is C9H13N7OS. The number of rotatable bonds is 6. The first-order valence-corrected chi connectivity index (χ1v) is 6.22. The first-order valence-electron chi connectivity index (χ1n) is 5.28. The molecule has 9 heteroatoms. The zero-order chi connectivity index (χ0) is 12.8. The molecule has 8 nitrogen and oxygen atoms in total. The Balaban J connectivity index is 2.08. The summed E-state index contributed by atoms with van der Waals surface area (Å²) in [5.41, 5.74) is 5.05. The minimum atomic E-state index is 0.223. The lowest BCUT2D eigenvalue weighted by Gasteiger charge is -2.07. The van der Waals surface area contributed by atoms with Crippen molar-refractivity contribution in [2.45, 2.75) is 13.5 Å². The molecule has 96 valence electrons. The molecular weight excluding hydrogens is 254 g/mol. The van der Waals surface area contributed by atoms with Gasteiger partial charge >= 0.3 is 6.01 Å². The van der Waals surface area contributed by atoms with Crippen molar-refractivity contribution in [2.75, 3.05) is 17.3 Å². The number of hydrogen-bond donors (Lipinski definition) is 3. The van der Waals surface area contributed by atoms with E-state index in [0.717, 1.165) is 5.69 Å². The van der Waals surface area contributed by atoms with E-state index in [0.29, 0.717) is 19.1 Å². The number of nitrogens with zero attached hydrogens (tertiary/aromatic N) is 4. The molecule has 0 fully saturated rings. The number of nitrogen functional groups attached to an aromatic ring is 1. The van der Waals surface area contributed by atoms with E-state index in [1.54, 1.807) is 5.51 Å². The highest BCUT2D eigenvalue weighted by molar-refractivity contribution is 7.07. The fraction of sp³-hybridized carbons (Fsp3) is 0.333. The lowest BCUT2D eigenvalue weighted by atomic mass is 10.5. The summed E-state index contributed by atoms with van der Waals surface area (Å²) in [6.07, 6.45) is 0. The minimum Gasteiger partial charge on any atom is -0.464 e. The summed E-state index contributed by atoms with van der Waals surface area (Å²) in [6.45, 7) is 2.85. The summed E-state index contributed by atoms with van der Waals surface area (Å²) in [7, 11) is 0. The van der Waals surface area contributed by atoms with Crippen LogP contribution in [0.15, 0.2) is 10.9 Å². The molecule has 2 aromatic rings. The predicted octanol–water partition coefficient (Wildman–Crippen LogP) is 0.624. The monoisotopic (exact) mass is 267 g/mol. The van der Waals surface area contributed by atoms with Crippen LogP contribution in [0.25, 0.3) is 0 Å². The van der Waals surface area contributed by atoms with Crippen LogP contribution in [-0.2, 0) is 6.54 Å². The Labute approximate surface area is 108 Å². The zero-order valence-corrected chi connectivity index (χ0v) is 10.6. The maximum Gasteiger partial charge on any atom is 0.323 e. The van der Waals surface area contributed by atoms with Gasteiger partial charge in [0.25, 0.3) is 0 Å². The summed E-state index contributed by atoms with van der Waals surface area (Å²) in [4.78, 5) is 16.3. The molecule has 0 aliphatic heterocycles. The molecule has 0 saturated heterocycles. The van der Waals surface area contributed by atoms with Crippen molar-refractivity contribution in [2.24, 2.45) is 5.84 Å². The van der Waals surface area contributed by atoms with Crippen LogP contribution in [0.2, 0.25) is 0 Å². The first kappa shape index (κ1) is 12.5. The molecule has 0 aromatic carbocycles. The van der Waals surface area contributed by atoms with Crippen molar-refractivity contribution in [1.29, 1.82) is 0 Å². The largest absolute Gasteiger partial charge is 0.464 e. The molecule has 2 rings (SSSR count). The van der Waals surface area contributed by atoms with Crippen LogP contribution in [0.5, 0.6) is 6.01 Å². The second kappa shape index (κ2) is 6.07. The topological polar surface area (TPSA) is 111 Å². The molecule has 0 unspecified atom stereocenters. The third-order valence-electron chi connectivity index (χ3n) is 1.93. The van der Waals surface area contributed by atoms with E-state index in [4.69, 9.17) is 10.6 Å². The maximum absolute atomic E-state index is 5.28. The summed E-state index contributed by atoms with van der Waals surface area (Å²) in [5, 5.41) is 4.97. The van der Waals surface area contributed by atoms with Crippen molar-refractivity contribution in [3.05, 3.63) is 16.6 Å². The van der Waals surface area contributed by atoms with E-state index in [9.17, 15) is 0 Å². The van der Waals surface area contributed by atoms with E-state index in [-0.39, 0.29) is 12.0 Å². The Bertz CT molecular complexity index is 490. The molecule has 2 aromatic heterocycles. The summed E-state index contributed by atoms with van der Waals surface area (Å²) >= 11 is 1.53. The maximum atomic E-state index is 5.28. The Morgan fingerprint density at radius 2 is 2.17 bits per heavy atom. The van der Waals surface area contributed by atoms with Crippen LogP contribution < -0.4 is 21.3 Å². The van der Waals surface area contributed by atoms with Crippen molar-refractivity contribution < 1.29 is 4.74 Å². The van der Waals surface area contributed by atoms with E-state index < -0.39 is 0 Å². The fourth-order valence-electron chi connectivity index (χ4n) is 1.19. The minimum absolute atomic E-state index is 0.223. The van der Waals surface area contributed by atoms with Gasteiger partial charge in [0, 0.05) is 5.38 Å². The third-order valence-corrected chi connectivity index (χ3v) is 2.56. The standard InChI is InChI=1S/C9H13N7OS/c1-2-17-9-14-7(13-8(15-9)16-10)11-3-6-4-18-5-12-6/h4-5H,2-3,10H2,1H3,(H2,11,13,14,15,16). The van der Waals surface area contributed by atoms with Gasteiger partial charge in [-0.1, -0.05) is 0 Å². The third kappa shape index (κ3) is 3.25. The van der Waals surface area contributed by atoms with E-state index in [1.807, 2.05) is 12.3 Å². The molecule has 0 spiro atoms. The Kier molecular flexibility index (Phi) is 4.20. The molecule has 0 atom stereocenters. The summed E-state index contributed by atoms with van der Waals surface area (Å²) in [6, 6.07) is 0.223. The number of nitrogens with two attached hydrogens (primary N) is 1. The molecule has 4 N–H and O–H groups in total. The first-order chi connectivity index (χ1) is 8.81. The number of hydrazine groups is 1. The number of aromatic nitrogens is 4. The van der Waals surface area contributed by atoms with Gasteiger partial charge in [-0.3, -0.25) is 5.43 Å². The highest BCUT2D eigenvalue weighted by atomic mass is 32.1. The van der Waals surface area contributed by atoms with Gasteiger partial charge in [-0.15, -0.1) is 11.3 Å². The molecule has 0 aliphatic carbocycles.